The van der Waals surface area contributed by atoms with E-state index in [9.17, 15) is 10.1 Å². The number of aromatic nitrogens is 1. The van der Waals surface area contributed by atoms with Crippen LogP contribution in [0.4, 0.5) is 5.69 Å². The van der Waals surface area contributed by atoms with Crippen LogP contribution in [0.3, 0.4) is 0 Å². The zero-order valence-corrected chi connectivity index (χ0v) is 17.3. The molecule has 1 amide bonds. The number of anilines is 1. The molecule has 2 aromatic rings. The molecule has 154 valence electrons. The maximum absolute atomic E-state index is 11.5. The van der Waals surface area contributed by atoms with Gasteiger partial charge in [0.1, 0.15) is 11.9 Å². The average Bonchev–Trinajstić information content (AvgIpc) is 2.72. The van der Waals surface area contributed by atoms with Crippen LogP contribution < -0.4 is 20.1 Å². The molecule has 0 spiro atoms. The first kappa shape index (κ1) is 19.8. The largest absolute Gasteiger partial charge is 0.496 e. The number of nitrogens with one attached hydrogen (secondary N) is 2. The van der Waals surface area contributed by atoms with E-state index in [2.05, 4.69) is 21.7 Å². The Kier molecular flexibility index (Phi) is 5.32. The minimum Gasteiger partial charge on any atom is -0.496 e. The molecule has 2 aliphatic rings. The number of amides is 1. The lowest BCUT2D eigenvalue weighted by atomic mass is 9.83. The van der Waals surface area contributed by atoms with Gasteiger partial charge in [-0.25, -0.2) is 4.98 Å². The van der Waals surface area contributed by atoms with Crippen molar-refractivity contribution in [2.24, 2.45) is 0 Å². The molecular formula is C23H24N4O3. The maximum Gasteiger partial charge on any atom is 0.219 e. The number of pyridine rings is 1. The van der Waals surface area contributed by atoms with Gasteiger partial charge in [0.2, 0.25) is 12.3 Å². The number of allylic oxidation sites excluding steroid dienone is 2. The highest BCUT2D eigenvalue weighted by Gasteiger charge is 2.35. The molecule has 7 nitrogen and oxygen atoms in total. The smallest absolute Gasteiger partial charge is 0.219 e. The average molecular weight is 404 g/mol. The normalized spacial score (nSPS) is 17.9. The van der Waals surface area contributed by atoms with E-state index in [0.29, 0.717) is 29.3 Å². The molecule has 2 heterocycles. The predicted octanol–water partition coefficient (Wildman–Crippen LogP) is 3.74. The maximum atomic E-state index is 11.5. The number of nitriles is 1. The molecule has 7 heteroatoms. The van der Waals surface area contributed by atoms with E-state index in [0.717, 1.165) is 47.3 Å². The van der Waals surface area contributed by atoms with E-state index in [1.165, 1.54) is 0 Å². The van der Waals surface area contributed by atoms with Gasteiger partial charge >= 0.3 is 0 Å². The van der Waals surface area contributed by atoms with E-state index in [1.807, 2.05) is 19.9 Å². The summed E-state index contributed by atoms with van der Waals surface area (Å²) in [6.07, 6.45) is 5.81. The van der Waals surface area contributed by atoms with Crippen LogP contribution in [0.2, 0.25) is 0 Å². The minimum atomic E-state index is -0.364. The highest BCUT2D eigenvalue weighted by molar-refractivity contribution is 5.73. The lowest BCUT2D eigenvalue weighted by Gasteiger charge is -2.35. The van der Waals surface area contributed by atoms with Crippen molar-refractivity contribution >= 4 is 12.1 Å². The number of rotatable bonds is 6. The molecule has 1 aliphatic heterocycles. The summed E-state index contributed by atoms with van der Waals surface area (Å²) >= 11 is 0. The summed E-state index contributed by atoms with van der Waals surface area (Å²) in [6, 6.07) is 7.47. The highest BCUT2D eigenvalue weighted by Crippen LogP contribution is 2.48. The zero-order valence-electron chi connectivity index (χ0n) is 17.3. The van der Waals surface area contributed by atoms with Crippen LogP contribution in [0.5, 0.6) is 11.6 Å². The van der Waals surface area contributed by atoms with E-state index < -0.39 is 0 Å². The van der Waals surface area contributed by atoms with Crippen molar-refractivity contribution in [3.63, 3.8) is 0 Å². The van der Waals surface area contributed by atoms with Gasteiger partial charge in [0.15, 0.2) is 0 Å². The molecule has 0 bridgehead atoms. The van der Waals surface area contributed by atoms with Crippen LogP contribution in [0, 0.1) is 18.3 Å². The molecule has 0 radical (unpaired) electrons. The summed E-state index contributed by atoms with van der Waals surface area (Å²) in [5.41, 5.74) is 5.62. The second kappa shape index (κ2) is 8.07. The van der Waals surface area contributed by atoms with Crippen molar-refractivity contribution in [3.8, 4) is 17.7 Å². The first-order valence-electron chi connectivity index (χ1n) is 9.99. The van der Waals surface area contributed by atoms with Gasteiger partial charge in [0, 0.05) is 23.2 Å². The second-order valence-corrected chi connectivity index (χ2v) is 7.63. The molecule has 1 aromatic carbocycles. The Balaban J connectivity index is 1.95. The molecule has 2 N–H and O–H groups in total. The molecule has 1 fully saturated rings. The molecule has 1 aromatic heterocycles. The zero-order chi connectivity index (χ0) is 21.3. The van der Waals surface area contributed by atoms with Gasteiger partial charge in [-0.15, -0.1) is 0 Å². The number of ether oxygens (including phenoxy) is 2. The van der Waals surface area contributed by atoms with Crippen molar-refractivity contribution in [2.75, 3.05) is 12.4 Å². The van der Waals surface area contributed by atoms with E-state index in [1.54, 1.807) is 25.4 Å². The summed E-state index contributed by atoms with van der Waals surface area (Å²) in [4.78, 5) is 16.1. The first-order valence-corrected chi connectivity index (χ1v) is 9.99. The summed E-state index contributed by atoms with van der Waals surface area (Å²) in [5, 5.41) is 15.6. The number of hydrogen-bond acceptors (Lipinski definition) is 6. The van der Waals surface area contributed by atoms with Gasteiger partial charge < -0.3 is 20.1 Å². The number of carbonyl (C=O) groups excluding carboxylic acids is 1. The third kappa shape index (κ3) is 3.35. The lowest BCUT2D eigenvalue weighted by molar-refractivity contribution is -0.109. The number of nitrogens with zero attached hydrogens (tertiary/aromatic N) is 2. The van der Waals surface area contributed by atoms with Crippen LogP contribution >= 0.6 is 0 Å². The molecule has 4 rings (SSSR count). The van der Waals surface area contributed by atoms with Crippen LogP contribution in [0.25, 0.3) is 0 Å². The Morgan fingerprint density at radius 3 is 2.77 bits per heavy atom. The topological polar surface area (TPSA) is 96.3 Å². The summed E-state index contributed by atoms with van der Waals surface area (Å²) in [5.74, 6) is 0.763. The van der Waals surface area contributed by atoms with Gasteiger partial charge in [-0.2, -0.15) is 5.26 Å². The number of fused-ring (bicyclic) bond motifs is 1. The van der Waals surface area contributed by atoms with E-state index in [-0.39, 0.29) is 12.0 Å². The third-order valence-electron chi connectivity index (χ3n) is 5.78. The van der Waals surface area contributed by atoms with Crippen molar-refractivity contribution in [3.05, 3.63) is 58.0 Å². The van der Waals surface area contributed by atoms with Crippen LogP contribution in [-0.4, -0.2) is 24.6 Å². The fraction of sp³-hybridized carbons (Fsp3) is 0.348. The minimum absolute atomic E-state index is 0.155. The second-order valence-electron chi connectivity index (χ2n) is 7.63. The van der Waals surface area contributed by atoms with Gasteiger partial charge in [-0.05, 0) is 50.8 Å². The van der Waals surface area contributed by atoms with Crippen molar-refractivity contribution in [1.29, 1.82) is 5.26 Å². The Labute approximate surface area is 175 Å². The number of aryl methyl sites for hydroxylation is 1. The fourth-order valence-electron chi connectivity index (χ4n) is 3.98. The van der Waals surface area contributed by atoms with Crippen LogP contribution in [-0.2, 0) is 4.79 Å². The number of benzene rings is 1. The Morgan fingerprint density at radius 2 is 2.13 bits per heavy atom. The molecule has 30 heavy (non-hydrogen) atoms. The van der Waals surface area contributed by atoms with E-state index in [4.69, 9.17) is 9.47 Å². The Bertz CT molecular complexity index is 1070. The monoisotopic (exact) mass is 404 g/mol. The van der Waals surface area contributed by atoms with E-state index >= 15 is 0 Å². The molecule has 1 aliphatic carbocycles. The summed E-state index contributed by atoms with van der Waals surface area (Å²) in [6.45, 7) is 3.91. The molecule has 1 unspecified atom stereocenters. The van der Waals surface area contributed by atoms with Crippen LogP contribution in [0.15, 0.2) is 35.8 Å². The van der Waals surface area contributed by atoms with Gasteiger partial charge in [0.05, 0.1) is 35.9 Å². The Hall–Kier alpha value is -3.53. The SMILES string of the molecule is COc1cc(C#N)ccc1C1C(NC=O)=C(C)Nc2c(C)cnc(OC3CCC3)c21. The molecule has 1 saturated carbocycles. The summed E-state index contributed by atoms with van der Waals surface area (Å²) in [7, 11) is 1.58. The standard InChI is InChI=1S/C23H24N4O3/c1-13-11-25-23(30-16-5-4-6-16)20-19(22(26-12-28)14(2)27-21(13)20)17-8-7-15(10-24)9-18(17)29-3/h7-9,11-12,16,19,27H,4-6H2,1-3H3,(H,26,28). The van der Waals surface area contributed by atoms with Crippen molar-refractivity contribution < 1.29 is 14.3 Å². The molecule has 0 saturated heterocycles. The summed E-state index contributed by atoms with van der Waals surface area (Å²) < 4.78 is 11.9. The quantitative estimate of drug-likeness (QED) is 0.712. The Morgan fingerprint density at radius 1 is 1.33 bits per heavy atom. The third-order valence-corrected chi connectivity index (χ3v) is 5.78. The van der Waals surface area contributed by atoms with Crippen molar-refractivity contribution in [2.45, 2.75) is 45.1 Å². The van der Waals surface area contributed by atoms with Crippen molar-refractivity contribution in [1.82, 2.24) is 10.3 Å². The van der Waals surface area contributed by atoms with Gasteiger partial charge in [-0.1, -0.05) is 6.07 Å². The molecule has 1 atom stereocenters. The van der Waals surface area contributed by atoms with Gasteiger partial charge in [-0.3, -0.25) is 4.79 Å². The highest BCUT2D eigenvalue weighted by atomic mass is 16.5. The predicted molar refractivity (Wildman–Crippen MR) is 112 cm³/mol. The molecular weight excluding hydrogens is 380 g/mol. The lowest BCUT2D eigenvalue weighted by Crippen LogP contribution is -2.30. The number of methoxy groups -OCH3 is 1. The first-order chi connectivity index (χ1) is 14.6. The number of carbonyl (C=O) groups is 1. The van der Waals surface area contributed by atoms with Crippen LogP contribution in [0.1, 0.15) is 54.4 Å². The van der Waals surface area contributed by atoms with Gasteiger partial charge in [0.25, 0.3) is 0 Å². The number of hydrogen-bond donors (Lipinski definition) is 2. The fourth-order valence-corrected chi connectivity index (χ4v) is 3.98.